The number of anilines is 1. The summed E-state index contributed by atoms with van der Waals surface area (Å²) in [4.78, 5) is 13.5. The van der Waals surface area contributed by atoms with E-state index in [1.54, 1.807) is 20.8 Å². The molecule has 22 heavy (non-hydrogen) atoms. The maximum Gasteiger partial charge on any atom is 0.410 e. The molecule has 1 amide bonds. The molecule has 0 unspecified atom stereocenters. The Kier molecular flexibility index (Phi) is 4.68. The molecule has 1 aromatic rings. The minimum absolute atomic E-state index is 0.0993. The van der Waals surface area contributed by atoms with E-state index in [9.17, 15) is 9.18 Å². The molecular formula is C14H21FN4O3. The van der Waals surface area contributed by atoms with Gasteiger partial charge in [-0.15, -0.1) is 10.2 Å². The zero-order chi connectivity index (χ0) is 16.3. The van der Waals surface area contributed by atoms with Gasteiger partial charge in [0.05, 0.1) is 6.54 Å². The number of rotatable bonds is 2. The maximum absolute atomic E-state index is 14.0. The van der Waals surface area contributed by atoms with Crippen LogP contribution in [0.5, 0.6) is 5.88 Å². The summed E-state index contributed by atoms with van der Waals surface area (Å²) in [6, 6.07) is 3.03. The van der Waals surface area contributed by atoms with Gasteiger partial charge >= 0.3 is 6.09 Å². The summed E-state index contributed by atoms with van der Waals surface area (Å²) in [5, 5.41) is 7.38. The van der Waals surface area contributed by atoms with E-state index in [0.29, 0.717) is 6.54 Å². The van der Waals surface area contributed by atoms with Crippen LogP contribution in [0.25, 0.3) is 0 Å². The molecule has 2 rings (SSSR count). The van der Waals surface area contributed by atoms with Crippen LogP contribution in [0.2, 0.25) is 0 Å². The largest absolute Gasteiger partial charge is 0.468 e. The normalized spacial score (nSPS) is 22.3. The topological polar surface area (TPSA) is 90.6 Å². The standard InChI is InChI=1S/C14H21FN4O3/c1-14(2,3)22-13(20)19-7-6-9(15)10(8-19)21-12-5-4-11(16)17-18-12/h4-5,9-10H,6-8H2,1-3H3,(H2,16,17)/t9-,10-/m0/s1. The van der Waals surface area contributed by atoms with Crippen LogP contribution >= 0.6 is 0 Å². The molecule has 1 aliphatic rings. The average Bonchev–Trinajstić information content (AvgIpc) is 2.41. The van der Waals surface area contributed by atoms with Gasteiger partial charge in [0.1, 0.15) is 23.7 Å². The van der Waals surface area contributed by atoms with Gasteiger partial charge in [-0.05, 0) is 26.8 Å². The van der Waals surface area contributed by atoms with E-state index >= 15 is 0 Å². The molecule has 1 aromatic heterocycles. The lowest BCUT2D eigenvalue weighted by molar-refractivity contribution is -0.0135. The number of carbonyl (C=O) groups excluding carboxylic acids is 1. The van der Waals surface area contributed by atoms with Crippen molar-refractivity contribution in [3.8, 4) is 5.88 Å². The Labute approximate surface area is 128 Å². The van der Waals surface area contributed by atoms with Gasteiger partial charge in [-0.2, -0.15) is 0 Å². The Bertz CT molecular complexity index is 518. The minimum atomic E-state index is -1.18. The quantitative estimate of drug-likeness (QED) is 0.895. The van der Waals surface area contributed by atoms with Crippen molar-refractivity contribution in [2.24, 2.45) is 0 Å². The summed E-state index contributed by atoms with van der Waals surface area (Å²) in [7, 11) is 0. The fraction of sp³-hybridized carbons (Fsp3) is 0.643. The Morgan fingerprint density at radius 2 is 2.14 bits per heavy atom. The lowest BCUT2D eigenvalue weighted by atomic mass is 10.1. The highest BCUT2D eigenvalue weighted by Crippen LogP contribution is 2.21. The van der Waals surface area contributed by atoms with Gasteiger partial charge in [-0.1, -0.05) is 0 Å². The summed E-state index contributed by atoms with van der Waals surface area (Å²) in [5.41, 5.74) is 4.84. The predicted molar refractivity (Wildman–Crippen MR) is 78.2 cm³/mol. The maximum atomic E-state index is 14.0. The number of carbonyl (C=O) groups is 1. The molecule has 2 heterocycles. The van der Waals surface area contributed by atoms with E-state index in [4.69, 9.17) is 15.2 Å². The molecule has 0 spiro atoms. The number of halogens is 1. The van der Waals surface area contributed by atoms with Crippen LogP contribution in [-0.4, -0.2) is 52.2 Å². The van der Waals surface area contributed by atoms with Gasteiger partial charge in [0, 0.05) is 19.0 Å². The van der Waals surface area contributed by atoms with Crippen molar-refractivity contribution in [1.82, 2.24) is 15.1 Å². The van der Waals surface area contributed by atoms with Crippen molar-refractivity contribution in [1.29, 1.82) is 0 Å². The lowest BCUT2D eigenvalue weighted by Gasteiger charge is -2.35. The first-order valence-electron chi connectivity index (χ1n) is 7.12. The van der Waals surface area contributed by atoms with Crippen LogP contribution in [0.1, 0.15) is 27.2 Å². The van der Waals surface area contributed by atoms with Gasteiger partial charge in [0.2, 0.25) is 5.88 Å². The fourth-order valence-electron chi connectivity index (χ4n) is 2.04. The first-order chi connectivity index (χ1) is 10.2. The summed E-state index contributed by atoms with van der Waals surface area (Å²) in [6.07, 6.45) is -2.28. The van der Waals surface area contributed by atoms with Crippen LogP contribution in [0.15, 0.2) is 12.1 Å². The molecule has 1 saturated heterocycles. The second-order valence-corrected chi connectivity index (χ2v) is 6.18. The number of nitrogen functional groups attached to an aromatic ring is 1. The van der Waals surface area contributed by atoms with E-state index in [1.165, 1.54) is 17.0 Å². The van der Waals surface area contributed by atoms with Crippen molar-refractivity contribution in [3.05, 3.63) is 12.1 Å². The Morgan fingerprint density at radius 3 is 2.73 bits per heavy atom. The second kappa shape index (κ2) is 6.33. The number of ether oxygens (including phenoxy) is 2. The van der Waals surface area contributed by atoms with Gasteiger partial charge in [-0.25, -0.2) is 9.18 Å². The summed E-state index contributed by atoms with van der Waals surface area (Å²) in [5.74, 6) is 0.427. The number of hydrogen-bond donors (Lipinski definition) is 1. The summed E-state index contributed by atoms with van der Waals surface area (Å²) >= 11 is 0. The van der Waals surface area contributed by atoms with Crippen molar-refractivity contribution in [2.45, 2.75) is 45.1 Å². The number of aromatic nitrogens is 2. The van der Waals surface area contributed by atoms with E-state index < -0.39 is 24.0 Å². The minimum Gasteiger partial charge on any atom is -0.468 e. The van der Waals surface area contributed by atoms with Gasteiger partial charge in [-0.3, -0.25) is 0 Å². The monoisotopic (exact) mass is 312 g/mol. The van der Waals surface area contributed by atoms with Crippen LogP contribution in [-0.2, 0) is 4.74 Å². The number of nitrogens with two attached hydrogens (primary N) is 1. The molecule has 1 fully saturated rings. The van der Waals surface area contributed by atoms with Gasteiger partial charge in [0.15, 0.2) is 0 Å². The van der Waals surface area contributed by atoms with Crippen molar-refractivity contribution in [2.75, 3.05) is 18.8 Å². The number of alkyl halides is 1. The van der Waals surface area contributed by atoms with Crippen LogP contribution < -0.4 is 10.5 Å². The molecule has 7 nitrogen and oxygen atoms in total. The third kappa shape index (κ3) is 4.44. The van der Waals surface area contributed by atoms with Crippen molar-refractivity contribution < 1.29 is 18.7 Å². The highest BCUT2D eigenvalue weighted by Gasteiger charge is 2.35. The number of likely N-dealkylation sites (tertiary alicyclic amines) is 1. The van der Waals surface area contributed by atoms with Crippen molar-refractivity contribution in [3.63, 3.8) is 0 Å². The third-order valence-electron chi connectivity index (χ3n) is 3.06. The smallest absolute Gasteiger partial charge is 0.410 e. The molecule has 2 atom stereocenters. The van der Waals surface area contributed by atoms with Crippen molar-refractivity contribution >= 4 is 11.9 Å². The van der Waals surface area contributed by atoms with Crippen LogP contribution in [0, 0.1) is 0 Å². The molecule has 0 saturated carbocycles. The van der Waals surface area contributed by atoms with Crippen LogP contribution in [0.3, 0.4) is 0 Å². The molecular weight excluding hydrogens is 291 g/mol. The molecule has 2 N–H and O–H groups in total. The van der Waals surface area contributed by atoms with E-state index in [2.05, 4.69) is 10.2 Å². The Morgan fingerprint density at radius 1 is 1.41 bits per heavy atom. The second-order valence-electron chi connectivity index (χ2n) is 6.18. The Hall–Kier alpha value is -2.12. The molecule has 8 heteroatoms. The zero-order valence-corrected chi connectivity index (χ0v) is 13.0. The fourth-order valence-corrected chi connectivity index (χ4v) is 2.04. The number of amides is 1. The number of piperidine rings is 1. The molecule has 122 valence electrons. The molecule has 0 bridgehead atoms. The van der Waals surface area contributed by atoms with E-state index in [1.807, 2.05) is 0 Å². The molecule has 0 aliphatic carbocycles. The van der Waals surface area contributed by atoms with Gasteiger partial charge in [0.25, 0.3) is 0 Å². The SMILES string of the molecule is CC(C)(C)OC(=O)N1CC[C@H](F)[C@@H](Oc2ccc(N)nn2)C1. The van der Waals surface area contributed by atoms with Crippen LogP contribution in [0.4, 0.5) is 15.0 Å². The summed E-state index contributed by atoms with van der Waals surface area (Å²) < 4.78 is 24.8. The first-order valence-corrected chi connectivity index (χ1v) is 7.12. The van der Waals surface area contributed by atoms with Gasteiger partial charge < -0.3 is 20.1 Å². The lowest BCUT2D eigenvalue weighted by Crippen LogP contribution is -2.51. The zero-order valence-electron chi connectivity index (χ0n) is 13.0. The highest BCUT2D eigenvalue weighted by atomic mass is 19.1. The predicted octanol–water partition coefficient (Wildman–Crippen LogP) is 1.79. The molecule has 0 radical (unpaired) electrons. The van der Waals surface area contributed by atoms with E-state index in [0.717, 1.165) is 0 Å². The molecule has 1 aliphatic heterocycles. The van der Waals surface area contributed by atoms with E-state index in [-0.39, 0.29) is 24.7 Å². The molecule has 0 aromatic carbocycles. The highest BCUT2D eigenvalue weighted by molar-refractivity contribution is 5.68. The first kappa shape index (κ1) is 16.3. The Balaban J connectivity index is 1.98. The number of nitrogens with zero attached hydrogens (tertiary/aromatic N) is 3. The third-order valence-corrected chi connectivity index (χ3v) is 3.06. The summed E-state index contributed by atoms with van der Waals surface area (Å²) in [6.45, 7) is 5.74. The average molecular weight is 312 g/mol. The number of hydrogen-bond acceptors (Lipinski definition) is 6.